The van der Waals surface area contributed by atoms with Gasteiger partial charge in [-0.05, 0) is 42.9 Å². The molecule has 202 valence electrons. The van der Waals surface area contributed by atoms with Crippen LogP contribution < -0.4 is 21.7 Å². The summed E-state index contributed by atoms with van der Waals surface area (Å²) in [6, 6.07) is 1.44. The largest absolute Gasteiger partial charge is 0.508 e. The zero-order valence-electron chi connectivity index (χ0n) is 21.5. The fourth-order valence-electron chi connectivity index (χ4n) is 3.47. The fourth-order valence-corrected chi connectivity index (χ4v) is 3.47. The average molecular weight is 509 g/mol. The third-order valence-electron chi connectivity index (χ3n) is 5.95. The lowest BCUT2D eigenvalue weighted by Gasteiger charge is -2.28. The molecule has 11 nitrogen and oxygen atoms in total. The van der Waals surface area contributed by atoms with Gasteiger partial charge in [0.1, 0.15) is 29.9 Å². The number of nitrogens with one attached hydrogen (secondary N) is 3. The Labute approximate surface area is 211 Å². The predicted molar refractivity (Wildman–Crippen MR) is 134 cm³/mol. The van der Waals surface area contributed by atoms with Crippen molar-refractivity contribution in [2.75, 3.05) is 0 Å². The highest BCUT2D eigenvalue weighted by Crippen LogP contribution is 2.14. The van der Waals surface area contributed by atoms with Crippen LogP contribution >= 0.6 is 0 Å². The fraction of sp³-hybridized carbons (Fsp3) is 0.600. The SMILES string of the molecule is CCC(C)C(NC(=O)C(N)C(C)O)C(=O)NC(Cc1ccc(O)cc1)C(=O)NC(CC(C)C)C(=O)O. The van der Waals surface area contributed by atoms with Crippen molar-refractivity contribution in [3.05, 3.63) is 29.8 Å². The Balaban J connectivity index is 3.20. The van der Waals surface area contributed by atoms with E-state index in [0.29, 0.717) is 12.0 Å². The summed E-state index contributed by atoms with van der Waals surface area (Å²) in [4.78, 5) is 50.5. The van der Waals surface area contributed by atoms with Gasteiger partial charge in [-0.3, -0.25) is 14.4 Å². The Morgan fingerprint density at radius 1 is 0.889 bits per heavy atom. The lowest BCUT2D eigenvalue weighted by Crippen LogP contribution is -2.60. The second-order valence-corrected chi connectivity index (χ2v) is 9.60. The van der Waals surface area contributed by atoms with Crippen LogP contribution in [0.4, 0.5) is 0 Å². The summed E-state index contributed by atoms with van der Waals surface area (Å²) in [6.45, 7) is 8.59. The van der Waals surface area contributed by atoms with E-state index < -0.39 is 54.0 Å². The standard InChI is InChI=1S/C25H40N4O7/c1-6-14(4)21(29-23(33)20(26)15(5)30)24(34)27-18(12-16-7-9-17(31)10-8-16)22(32)28-19(25(35)36)11-13(2)3/h7-10,13-15,18-21,30-31H,6,11-12,26H2,1-5H3,(H,27,34)(H,28,32)(H,29,33)(H,35,36). The molecule has 6 atom stereocenters. The quantitative estimate of drug-likeness (QED) is 0.186. The minimum Gasteiger partial charge on any atom is -0.508 e. The molecule has 0 aliphatic heterocycles. The number of aliphatic hydroxyl groups excluding tert-OH is 1. The Bertz CT molecular complexity index is 889. The van der Waals surface area contributed by atoms with Crippen LogP contribution in [-0.2, 0) is 25.6 Å². The highest BCUT2D eigenvalue weighted by Gasteiger charge is 2.33. The summed E-state index contributed by atoms with van der Waals surface area (Å²) < 4.78 is 0. The smallest absolute Gasteiger partial charge is 0.326 e. The van der Waals surface area contributed by atoms with Gasteiger partial charge in [0.2, 0.25) is 17.7 Å². The van der Waals surface area contributed by atoms with E-state index in [2.05, 4.69) is 16.0 Å². The first-order valence-corrected chi connectivity index (χ1v) is 12.1. The Kier molecular flexibility index (Phi) is 12.3. The highest BCUT2D eigenvalue weighted by molar-refractivity contribution is 5.94. The molecule has 0 radical (unpaired) electrons. The molecule has 1 aromatic rings. The lowest BCUT2D eigenvalue weighted by molar-refractivity contribution is -0.143. The number of phenols is 1. The molecule has 0 heterocycles. The van der Waals surface area contributed by atoms with Crippen molar-refractivity contribution < 1.29 is 34.5 Å². The molecule has 3 amide bonds. The maximum atomic E-state index is 13.3. The van der Waals surface area contributed by atoms with Gasteiger partial charge in [0.05, 0.1) is 6.10 Å². The Hall–Kier alpha value is -3.18. The van der Waals surface area contributed by atoms with Gasteiger partial charge < -0.3 is 37.0 Å². The number of aromatic hydroxyl groups is 1. The number of hydrogen-bond donors (Lipinski definition) is 7. The summed E-state index contributed by atoms with van der Waals surface area (Å²) in [5.74, 6) is -3.55. The third-order valence-corrected chi connectivity index (χ3v) is 5.95. The van der Waals surface area contributed by atoms with Crippen LogP contribution in [0.1, 0.15) is 53.0 Å². The number of carbonyl (C=O) groups is 4. The molecule has 1 aromatic carbocycles. The topological polar surface area (TPSA) is 191 Å². The van der Waals surface area contributed by atoms with Gasteiger partial charge in [-0.25, -0.2) is 4.79 Å². The average Bonchev–Trinajstić information content (AvgIpc) is 2.81. The number of carboxylic acid groups (broad SMARTS) is 1. The van der Waals surface area contributed by atoms with Crippen molar-refractivity contribution in [1.82, 2.24) is 16.0 Å². The van der Waals surface area contributed by atoms with Gasteiger partial charge in [-0.2, -0.15) is 0 Å². The number of amides is 3. The summed E-state index contributed by atoms with van der Waals surface area (Å²) in [6.07, 6.45) is -0.399. The molecule has 0 aliphatic rings. The van der Waals surface area contributed by atoms with Crippen molar-refractivity contribution in [3.8, 4) is 5.75 Å². The molecule has 1 rings (SSSR count). The van der Waals surface area contributed by atoms with Gasteiger partial charge in [0.15, 0.2) is 0 Å². The predicted octanol–water partition coefficient (Wildman–Crippen LogP) is 0.274. The third kappa shape index (κ3) is 9.82. The van der Waals surface area contributed by atoms with Crippen LogP contribution in [0.15, 0.2) is 24.3 Å². The monoisotopic (exact) mass is 508 g/mol. The number of phenolic OH excluding ortho intramolecular Hbond substituents is 1. The van der Waals surface area contributed by atoms with Crippen LogP contribution in [0.25, 0.3) is 0 Å². The summed E-state index contributed by atoms with van der Waals surface area (Å²) in [5, 5.41) is 36.4. The van der Waals surface area contributed by atoms with Crippen LogP contribution in [0.3, 0.4) is 0 Å². The first-order valence-electron chi connectivity index (χ1n) is 12.1. The van der Waals surface area contributed by atoms with Crippen LogP contribution in [0, 0.1) is 11.8 Å². The number of carboxylic acids is 1. The normalized spacial score (nSPS) is 16.2. The molecule has 0 saturated heterocycles. The van der Waals surface area contributed by atoms with Gasteiger partial charge in [0.25, 0.3) is 0 Å². The second-order valence-electron chi connectivity index (χ2n) is 9.60. The number of rotatable bonds is 14. The van der Waals surface area contributed by atoms with Crippen molar-refractivity contribution in [3.63, 3.8) is 0 Å². The van der Waals surface area contributed by atoms with E-state index in [1.807, 2.05) is 20.8 Å². The van der Waals surface area contributed by atoms with E-state index in [1.54, 1.807) is 19.1 Å². The van der Waals surface area contributed by atoms with Crippen molar-refractivity contribution in [2.24, 2.45) is 17.6 Å². The number of aliphatic hydroxyl groups is 1. The molecule has 0 aromatic heterocycles. The lowest BCUT2D eigenvalue weighted by atomic mass is 9.96. The number of hydrogen-bond acceptors (Lipinski definition) is 7. The van der Waals surface area contributed by atoms with Gasteiger partial charge in [0, 0.05) is 6.42 Å². The van der Waals surface area contributed by atoms with Crippen LogP contribution in [-0.4, -0.2) is 69.3 Å². The first-order chi connectivity index (χ1) is 16.8. The Morgan fingerprint density at radius 3 is 1.92 bits per heavy atom. The van der Waals surface area contributed by atoms with Crippen molar-refractivity contribution >= 4 is 23.7 Å². The van der Waals surface area contributed by atoms with E-state index in [9.17, 15) is 34.5 Å². The van der Waals surface area contributed by atoms with Crippen molar-refractivity contribution in [1.29, 1.82) is 0 Å². The minimum absolute atomic E-state index is 0.000314. The van der Waals surface area contributed by atoms with Crippen LogP contribution in [0.2, 0.25) is 0 Å². The zero-order chi connectivity index (χ0) is 27.6. The molecule has 36 heavy (non-hydrogen) atoms. The number of carbonyl (C=O) groups excluding carboxylic acids is 3. The molecule has 6 unspecified atom stereocenters. The number of nitrogens with two attached hydrogens (primary N) is 1. The molecule has 11 heteroatoms. The molecule has 0 bridgehead atoms. The minimum atomic E-state index is -1.24. The second kappa shape index (κ2) is 14.4. The summed E-state index contributed by atoms with van der Waals surface area (Å²) in [7, 11) is 0. The Morgan fingerprint density at radius 2 is 1.44 bits per heavy atom. The summed E-state index contributed by atoms with van der Waals surface area (Å²) in [5.41, 5.74) is 6.32. The molecule has 8 N–H and O–H groups in total. The zero-order valence-corrected chi connectivity index (χ0v) is 21.5. The molecular formula is C25H40N4O7. The van der Waals surface area contributed by atoms with Crippen molar-refractivity contribution in [2.45, 2.75) is 84.2 Å². The molecule has 0 spiro atoms. The van der Waals surface area contributed by atoms with E-state index in [-0.39, 0.29) is 30.4 Å². The van der Waals surface area contributed by atoms with E-state index in [4.69, 9.17) is 5.73 Å². The van der Waals surface area contributed by atoms with Crippen LogP contribution in [0.5, 0.6) is 5.75 Å². The van der Waals surface area contributed by atoms with E-state index >= 15 is 0 Å². The maximum absolute atomic E-state index is 13.3. The summed E-state index contributed by atoms with van der Waals surface area (Å²) >= 11 is 0. The number of aliphatic carboxylic acids is 1. The molecular weight excluding hydrogens is 468 g/mol. The first kappa shape index (κ1) is 30.9. The van der Waals surface area contributed by atoms with Gasteiger partial charge in [-0.15, -0.1) is 0 Å². The highest BCUT2D eigenvalue weighted by atomic mass is 16.4. The maximum Gasteiger partial charge on any atom is 0.326 e. The molecule has 0 fully saturated rings. The number of benzene rings is 1. The van der Waals surface area contributed by atoms with Gasteiger partial charge in [-0.1, -0.05) is 46.2 Å². The van der Waals surface area contributed by atoms with E-state index in [1.165, 1.54) is 19.1 Å². The molecule has 0 saturated carbocycles. The van der Waals surface area contributed by atoms with Gasteiger partial charge >= 0.3 is 5.97 Å². The van der Waals surface area contributed by atoms with E-state index in [0.717, 1.165) is 0 Å². The molecule has 0 aliphatic carbocycles.